The van der Waals surface area contributed by atoms with Crippen LogP contribution in [0.4, 0.5) is 13.2 Å². The summed E-state index contributed by atoms with van der Waals surface area (Å²) >= 11 is 0. The number of ether oxygens (including phenoxy) is 1. The predicted molar refractivity (Wildman–Crippen MR) is 39.6 cm³/mol. The number of halogens is 3. The maximum Gasteiger partial charge on any atom is 0.460 e. The van der Waals surface area contributed by atoms with Crippen LogP contribution in [0.3, 0.4) is 0 Å². The molecule has 7 heteroatoms. The van der Waals surface area contributed by atoms with Crippen LogP contribution in [0.2, 0.25) is 0 Å². The van der Waals surface area contributed by atoms with Crippen LogP contribution in [-0.4, -0.2) is 48.1 Å². The molecule has 1 N–H and O–H groups in total. The first-order chi connectivity index (χ1) is 6.39. The van der Waals surface area contributed by atoms with Gasteiger partial charge in [0.1, 0.15) is 6.61 Å². The summed E-state index contributed by atoms with van der Waals surface area (Å²) in [7, 11) is 0. The molecule has 1 aliphatic heterocycles. The Kier molecular flexibility index (Phi) is 3.33. The molecule has 14 heavy (non-hydrogen) atoms. The molecule has 1 unspecified atom stereocenters. The fraction of sp³-hybridized carbons (Fsp3) is 0.857. The van der Waals surface area contributed by atoms with Crippen LogP contribution in [0.25, 0.3) is 0 Å². The van der Waals surface area contributed by atoms with Crippen molar-refractivity contribution in [2.75, 3.05) is 19.7 Å². The third kappa shape index (κ3) is 3.15. The first-order valence-corrected chi connectivity index (χ1v) is 4.05. The van der Waals surface area contributed by atoms with Crippen LogP contribution < -0.4 is 0 Å². The van der Waals surface area contributed by atoms with Crippen LogP contribution in [0.5, 0.6) is 0 Å². The minimum Gasteiger partial charge on any atom is -0.480 e. The molecule has 82 valence electrons. The van der Waals surface area contributed by atoms with Gasteiger partial charge in [-0.3, -0.25) is 0 Å². The largest absolute Gasteiger partial charge is 0.480 e. The summed E-state index contributed by atoms with van der Waals surface area (Å²) in [6.45, 7) is -0.957. The number of rotatable bonds is 3. The molecule has 1 fully saturated rings. The average molecular weight is 213 g/mol. The fourth-order valence-electron chi connectivity index (χ4n) is 1.28. The lowest BCUT2D eigenvalue weighted by Gasteiger charge is -2.18. The van der Waals surface area contributed by atoms with Gasteiger partial charge in [0.15, 0.2) is 0 Å². The van der Waals surface area contributed by atoms with Gasteiger partial charge in [0.05, 0.1) is 6.10 Å². The van der Waals surface area contributed by atoms with Crippen LogP contribution >= 0.6 is 0 Å². The van der Waals surface area contributed by atoms with Gasteiger partial charge in [-0.1, -0.05) is 0 Å². The molecule has 1 atom stereocenters. The maximum atomic E-state index is 12.1. The van der Waals surface area contributed by atoms with Crippen molar-refractivity contribution in [3.05, 3.63) is 0 Å². The van der Waals surface area contributed by atoms with Gasteiger partial charge >= 0.3 is 12.3 Å². The smallest absolute Gasteiger partial charge is 0.460 e. The zero-order chi connectivity index (χ0) is 10.8. The molecule has 0 amide bonds. The Morgan fingerprint density at radius 2 is 2.21 bits per heavy atom. The molecule has 0 aromatic rings. The SMILES string of the molecule is O=C(O)COC1CCN(C(F)(F)F)C1. The predicted octanol–water partition coefficient (Wildman–Crippen LogP) is 0.682. The molecule has 0 bridgehead atoms. The highest BCUT2D eigenvalue weighted by atomic mass is 19.4. The second-order valence-corrected chi connectivity index (χ2v) is 3.03. The van der Waals surface area contributed by atoms with Gasteiger partial charge in [-0.2, -0.15) is 13.2 Å². The minimum atomic E-state index is -4.35. The molecule has 0 aromatic carbocycles. The molecular weight excluding hydrogens is 203 g/mol. The Morgan fingerprint density at radius 1 is 1.57 bits per heavy atom. The molecule has 1 aliphatic rings. The van der Waals surface area contributed by atoms with E-state index in [1.54, 1.807) is 0 Å². The van der Waals surface area contributed by atoms with Crippen molar-refractivity contribution in [2.24, 2.45) is 0 Å². The first kappa shape index (κ1) is 11.3. The number of nitrogens with zero attached hydrogens (tertiary/aromatic N) is 1. The quantitative estimate of drug-likeness (QED) is 0.700. The van der Waals surface area contributed by atoms with E-state index in [0.717, 1.165) is 0 Å². The molecule has 0 aliphatic carbocycles. The Labute approximate surface area is 78.2 Å². The van der Waals surface area contributed by atoms with Gasteiger partial charge in [-0.25, -0.2) is 9.69 Å². The highest BCUT2D eigenvalue weighted by molar-refractivity contribution is 5.68. The summed E-state index contributed by atoms with van der Waals surface area (Å²) < 4.78 is 41.0. The van der Waals surface area contributed by atoms with E-state index in [0.29, 0.717) is 4.90 Å². The second-order valence-electron chi connectivity index (χ2n) is 3.03. The van der Waals surface area contributed by atoms with E-state index in [-0.39, 0.29) is 19.5 Å². The van der Waals surface area contributed by atoms with E-state index in [2.05, 4.69) is 0 Å². The summed E-state index contributed by atoms with van der Waals surface area (Å²) in [6, 6.07) is 0. The first-order valence-electron chi connectivity index (χ1n) is 4.05. The van der Waals surface area contributed by atoms with Crippen molar-refractivity contribution in [1.29, 1.82) is 0 Å². The molecule has 0 saturated carbocycles. The van der Waals surface area contributed by atoms with Crippen molar-refractivity contribution >= 4 is 5.97 Å². The van der Waals surface area contributed by atoms with Crippen LogP contribution in [-0.2, 0) is 9.53 Å². The number of carbonyl (C=O) groups is 1. The molecule has 1 rings (SSSR count). The van der Waals surface area contributed by atoms with Crippen molar-refractivity contribution < 1.29 is 27.8 Å². The summed E-state index contributed by atoms with van der Waals surface area (Å²) in [5.74, 6) is -1.17. The zero-order valence-corrected chi connectivity index (χ0v) is 7.25. The third-order valence-corrected chi connectivity index (χ3v) is 1.95. The van der Waals surface area contributed by atoms with Crippen LogP contribution in [0.15, 0.2) is 0 Å². The number of likely N-dealkylation sites (tertiary alicyclic amines) is 1. The number of carboxylic acids is 1. The van der Waals surface area contributed by atoms with Gasteiger partial charge in [0.2, 0.25) is 0 Å². The standard InChI is InChI=1S/C7H10F3NO3/c8-7(9,10)11-2-1-5(3-11)14-4-6(12)13/h5H,1-4H2,(H,12,13). The topological polar surface area (TPSA) is 49.8 Å². The lowest BCUT2D eigenvalue weighted by molar-refractivity contribution is -0.240. The molecule has 0 radical (unpaired) electrons. The summed E-state index contributed by atoms with van der Waals surface area (Å²) in [4.78, 5) is 10.4. The Hall–Kier alpha value is -0.820. The molecule has 0 aromatic heterocycles. The highest BCUT2D eigenvalue weighted by Crippen LogP contribution is 2.26. The van der Waals surface area contributed by atoms with Crippen LogP contribution in [0, 0.1) is 0 Å². The molecule has 1 heterocycles. The number of alkyl halides is 3. The second kappa shape index (κ2) is 4.14. The lowest BCUT2D eigenvalue weighted by atomic mass is 10.3. The highest BCUT2D eigenvalue weighted by Gasteiger charge is 2.42. The number of carboxylic acid groups (broad SMARTS) is 1. The van der Waals surface area contributed by atoms with Gasteiger partial charge in [0.25, 0.3) is 0 Å². The van der Waals surface area contributed by atoms with E-state index < -0.39 is 25.0 Å². The van der Waals surface area contributed by atoms with E-state index in [1.807, 2.05) is 0 Å². The van der Waals surface area contributed by atoms with Crippen molar-refractivity contribution in [2.45, 2.75) is 18.8 Å². The minimum absolute atomic E-state index is 0.131. The Balaban J connectivity index is 2.31. The lowest BCUT2D eigenvalue weighted by Crippen LogP contribution is -2.36. The average Bonchev–Trinajstić information content (AvgIpc) is 2.47. The van der Waals surface area contributed by atoms with Gasteiger partial charge in [0, 0.05) is 13.1 Å². The molecule has 1 saturated heterocycles. The molecular formula is C7H10F3NO3. The van der Waals surface area contributed by atoms with Crippen molar-refractivity contribution in [1.82, 2.24) is 4.90 Å². The van der Waals surface area contributed by atoms with Gasteiger partial charge in [-0.05, 0) is 6.42 Å². The number of aliphatic carboxylic acids is 1. The molecule has 0 spiro atoms. The van der Waals surface area contributed by atoms with E-state index in [4.69, 9.17) is 9.84 Å². The summed E-state index contributed by atoms with van der Waals surface area (Å²) in [5.41, 5.74) is 0. The van der Waals surface area contributed by atoms with E-state index in [9.17, 15) is 18.0 Å². The Morgan fingerprint density at radius 3 is 2.64 bits per heavy atom. The summed E-state index contributed by atoms with van der Waals surface area (Å²) in [5, 5.41) is 8.24. The Bertz CT molecular complexity index is 219. The van der Waals surface area contributed by atoms with Crippen molar-refractivity contribution in [3.63, 3.8) is 0 Å². The molecule has 4 nitrogen and oxygen atoms in total. The number of hydrogen-bond acceptors (Lipinski definition) is 3. The monoisotopic (exact) mass is 213 g/mol. The normalized spacial score (nSPS) is 24.1. The van der Waals surface area contributed by atoms with E-state index in [1.165, 1.54) is 0 Å². The van der Waals surface area contributed by atoms with Gasteiger partial charge in [-0.15, -0.1) is 0 Å². The maximum absolute atomic E-state index is 12.1. The van der Waals surface area contributed by atoms with E-state index >= 15 is 0 Å². The number of hydrogen-bond donors (Lipinski definition) is 1. The van der Waals surface area contributed by atoms with Crippen LogP contribution in [0.1, 0.15) is 6.42 Å². The van der Waals surface area contributed by atoms with Crippen molar-refractivity contribution in [3.8, 4) is 0 Å². The fourth-order valence-corrected chi connectivity index (χ4v) is 1.28. The summed E-state index contributed by atoms with van der Waals surface area (Å²) in [6.07, 6.45) is -4.76. The zero-order valence-electron chi connectivity index (χ0n) is 7.25. The van der Waals surface area contributed by atoms with Gasteiger partial charge < -0.3 is 9.84 Å². The third-order valence-electron chi connectivity index (χ3n) is 1.95.